The molecule has 20 heavy (non-hydrogen) atoms. The van der Waals surface area contributed by atoms with Crippen LogP contribution in [0.5, 0.6) is 0 Å². The Morgan fingerprint density at radius 2 is 1.90 bits per heavy atom. The van der Waals surface area contributed by atoms with Gasteiger partial charge in [-0.25, -0.2) is 0 Å². The van der Waals surface area contributed by atoms with Gasteiger partial charge in [-0.1, -0.05) is 50.4 Å². The summed E-state index contributed by atoms with van der Waals surface area (Å²) >= 11 is 1.33. The maximum absolute atomic E-state index is 12.2. The second-order valence-electron chi connectivity index (χ2n) is 5.35. The van der Waals surface area contributed by atoms with Crippen molar-refractivity contribution in [1.82, 2.24) is 15.5 Å². The van der Waals surface area contributed by atoms with E-state index in [-0.39, 0.29) is 5.91 Å². The molecular formula is C14H24N4OS. The molecule has 0 atom stereocenters. The van der Waals surface area contributed by atoms with Gasteiger partial charge in [-0.05, 0) is 19.3 Å². The molecule has 1 heterocycles. The Hall–Kier alpha value is -1.17. The van der Waals surface area contributed by atoms with E-state index in [1.54, 1.807) is 0 Å². The van der Waals surface area contributed by atoms with Crippen LogP contribution in [0.3, 0.4) is 0 Å². The number of nitrogens with one attached hydrogen (secondary N) is 2. The number of amides is 1. The Morgan fingerprint density at radius 3 is 2.60 bits per heavy atom. The largest absolute Gasteiger partial charge is 0.360 e. The van der Waals surface area contributed by atoms with Crippen molar-refractivity contribution >= 4 is 22.4 Å². The molecule has 0 aromatic carbocycles. The lowest BCUT2D eigenvalue weighted by Crippen LogP contribution is -2.35. The van der Waals surface area contributed by atoms with Gasteiger partial charge < -0.3 is 10.6 Å². The molecule has 1 saturated carbocycles. The zero-order valence-electron chi connectivity index (χ0n) is 12.2. The van der Waals surface area contributed by atoms with Crippen LogP contribution in [-0.2, 0) is 0 Å². The number of carbonyl (C=O) groups is 1. The van der Waals surface area contributed by atoms with Gasteiger partial charge >= 0.3 is 0 Å². The molecule has 112 valence electrons. The Kier molecular flexibility index (Phi) is 6.24. The molecule has 1 aliphatic rings. The lowest BCUT2D eigenvalue weighted by molar-refractivity contribution is 0.0929. The van der Waals surface area contributed by atoms with E-state index in [0.717, 1.165) is 30.9 Å². The highest BCUT2D eigenvalue weighted by Gasteiger charge is 2.18. The Balaban J connectivity index is 1.84. The van der Waals surface area contributed by atoms with Crippen molar-refractivity contribution in [2.24, 2.45) is 0 Å². The first-order chi connectivity index (χ1) is 9.79. The molecule has 0 saturated heterocycles. The van der Waals surface area contributed by atoms with Gasteiger partial charge in [0.2, 0.25) is 10.1 Å². The van der Waals surface area contributed by atoms with Crippen LogP contribution in [0.1, 0.15) is 68.1 Å². The molecule has 5 nitrogen and oxygen atoms in total. The molecule has 1 aromatic heterocycles. The van der Waals surface area contributed by atoms with E-state index in [0.29, 0.717) is 11.0 Å². The van der Waals surface area contributed by atoms with Gasteiger partial charge in [-0.15, -0.1) is 10.2 Å². The van der Waals surface area contributed by atoms with Crippen LogP contribution < -0.4 is 10.6 Å². The van der Waals surface area contributed by atoms with Crippen LogP contribution >= 0.6 is 11.3 Å². The minimum Gasteiger partial charge on any atom is -0.360 e. The number of carbonyl (C=O) groups excluding carboxylic acids is 1. The van der Waals surface area contributed by atoms with Crippen LogP contribution in [0.2, 0.25) is 0 Å². The van der Waals surface area contributed by atoms with E-state index in [2.05, 4.69) is 27.8 Å². The number of aromatic nitrogens is 2. The number of hydrogen-bond acceptors (Lipinski definition) is 5. The van der Waals surface area contributed by atoms with E-state index < -0.39 is 0 Å². The summed E-state index contributed by atoms with van der Waals surface area (Å²) in [5.74, 6) is -0.0716. The number of nitrogens with zero attached hydrogens (tertiary/aromatic N) is 2. The third kappa shape index (κ3) is 4.74. The molecule has 0 bridgehead atoms. The normalized spacial score (nSPS) is 17.2. The second-order valence-corrected chi connectivity index (χ2v) is 6.33. The van der Waals surface area contributed by atoms with E-state index in [4.69, 9.17) is 0 Å². The predicted octanol–water partition coefficient (Wildman–Crippen LogP) is 3.20. The third-order valence-corrected chi connectivity index (χ3v) is 4.47. The van der Waals surface area contributed by atoms with Crippen LogP contribution in [0.15, 0.2) is 0 Å². The molecule has 0 aliphatic heterocycles. The van der Waals surface area contributed by atoms with Crippen molar-refractivity contribution in [2.75, 3.05) is 11.9 Å². The van der Waals surface area contributed by atoms with E-state index in [9.17, 15) is 4.79 Å². The molecule has 0 spiro atoms. The summed E-state index contributed by atoms with van der Waals surface area (Å²) in [6, 6.07) is 0.304. The molecule has 1 aliphatic carbocycles. The number of rotatable bonds is 5. The topological polar surface area (TPSA) is 66.9 Å². The molecule has 6 heteroatoms. The van der Waals surface area contributed by atoms with Gasteiger partial charge in [0, 0.05) is 12.6 Å². The molecule has 1 aromatic rings. The fourth-order valence-electron chi connectivity index (χ4n) is 2.47. The maximum atomic E-state index is 12.2. The first-order valence-corrected chi connectivity index (χ1v) is 8.49. The minimum absolute atomic E-state index is 0.0716. The molecule has 1 fully saturated rings. The zero-order chi connectivity index (χ0) is 14.2. The van der Waals surface area contributed by atoms with Gasteiger partial charge in [0.15, 0.2) is 0 Å². The first kappa shape index (κ1) is 15.2. The zero-order valence-corrected chi connectivity index (χ0v) is 13.0. The van der Waals surface area contributed by atoms with E-state index in [1.807, 2.05) is 0 Å². The highest BCUT2D eigenvalue weighted by Crippen LogP contribution is 2.19. The summed E-state index contributed by atoms with van der Waals surface area (Å²) in [6.07, 6.45) is 9.55. The van der Waals surface area contributed by atoms with Crippen LogP contribution in [0.4, 0.5) is 5.13 Å². The lowest BCUT2D eigenvalue weighted by atomic mass is 9.97. The monoisotopic (exact) mass is 296 g/mol. The van der Waals surface area contributed by atoms with Gasteiger partial charge in [0.1, 0.15) is 0 Å². The molecule has 0 radical (unpaired) electrons. The SMILES string of the molecule is CCCNc1nnc(C(=O)NC2CCCCCCC2)s1. The summed E-state index contributed by atoms with van der Waals surface area (Å²) < 4.78 is 0. The second kappa shape index (κ2) is 8.19. The van der Waals surface area contributed by atoms with Gasteiger partial charge in [0.05, 0.1) is 0 Å². The van der Waals surface area contributed by atoms with E-state index in [1.165, 1.54) is 43.4 Å². The molecule has 0 unspecified atom stereocenters. The average molecular weight is 296 g/mol. The van der Waals surface area contributed by atoms with Gasteiger partial charge in [-0.3, -0.25) is 4.79 Å². The molecular weight excluding hydrogens is 272 g/mol. The van der Waals surface area contributed by atoms with Crippen molar-refractivity contribution in [3.05, 3.63) is 5.01 Å². The predicted molar refractivity (Wildman–Crippen MR) is 82.3 cm³/mol. The number of anilines is 1. The standard InChI is InChI=1S/C14H24N4OS/c1-2-10-15-14-18-17-13(20-14)12(19)16-11-8-6-4-3-5-7-9-11/h11H,2-10H2,1H3,(H,15,18)(H,16,19). The molecule has 2 rings (SSSR count). The van der Waals surface area contributed by atoms with Crippen LogP contribution in [0.25, 0.3) is 0 Å². The summed E-state index contributed by atoms with van der Waals surface area (Å²) in [7, 11) is 0. The third-order valence-electron chi connectivity index (χ3n) is 3.59. The molecule has 2 N–H and O–H groups in total. The van der Waals surface area contributed by atoms with Crippen molar-refractivity contribution in [2.45, 2.75) is 64.3 Å². The Labute approximate surface area is 124 Å². The van der Waals surface area contributed by atoms with Crippen molar-refractivity contribution in [1.29, 1.82) is 0 Å². The summed E-state index contributed by atoms with van der Waals surface area (Å²) in [4.78, 5) is 12.2. The first-order valence-electron chi connectivity index (χ1n) is 7.68. The molecule has 1 amide bonds. The summed E-state index contributed by atoms with van der Waals surface area (Å²) in [5, 5.41) is 15.4. The highest BCUT2D eigenvalue weighted by atomic mass is 32.1. The lowest BCUT2D eigenvalue weighted by Gasteiger charge is -2.20. The quantitative estimate of drug-likeness (QED) is 0.875. The van der Waals surface area contributed by atoms with Crippen LogP contribution in [0, 0.1) is 0 Å². The fraction of sp³-hybridized carbons (Fsp3) is 0.786. The fourth-order valence-corrected chi connectivity index (χ4v) is 3.14. The van der Waals surface area contributed by atoms with E-state index >= 15 is 0 Å². The van der Waals surface area contributed by atoms with Crippen molar-refractivity contribution in [3.63, 3.8) is 0 Å². The summed E-state index contributed by atoms with van der Waals surface area (Å²) in [6.45, 7) is 2.95. The average Bonchev–Trinajstić information content (AvgIpc) is 2.88. The smallest absolute Gasteiger partial charge is 0.282 e. The van der Waals surface area contributed by atoms with Gasteiger partial charge in [0.25, 0.3) is 5.91 Å². The maximum Gasteiger partial charge on any atom is 0.282 e. The van der Waals surface area contributed by atoms with Crippen molar-refractivity contribution in [3.8, 4) is 0 Å². The van der Waals surface area contributed by atoms with Crippen LogP contribution in [-0.4, -0.2) is 28.7 Å². The number of hydrogen-bond donors (Lipinski definition) is 2. The van der Waals surface area contributed by atoms with Gasteiger partial charge in [-0.2, -0.15) is 0 Å². The Bertz CT molecular complexity index is 413. The summed E-state index contributed by atoms with van der Waals surface area (Å²) in [5.41, 5.74) is 0. The Morgan fingerprint density at radius 1 is 1.20 bits per heavy atom. The minimum atomic E-state index is -0.0716. The van der Waals surface area contributed by atoms with Crippen molar-refractivity contribution < 1.29 is 4.79 Å². The highest BCUT2D eigenvalue weighted by molar-refractivity contribution is 7.17.